The molecule has 3 heteroatoms. The molecule has 15 heavy (non-hydrogen) atoms. The molecule has 3 aromatic rings. The second kappa shape index (κ2) is 3.07. The average molecular weight is 262 g/mol. The number of pyridine rings is 1. The van der Waals surface area contributed by atoms with E-state index in [4.69, 9.17) is 0 Å². The molecular weight excluding hydrogens is 252 g/mol. The smallest absolute Gasteiger partial charge is 0.178 e. The topological polar surface area (TPSA) is 19.7 Å². The minimum atomic E-state index is 1.10. The number of aromatic amines is 1. The summed E-state index contributed by atoms with van der Waals surface area (Å²) in [5.74, 6) is 0. The summed E-state index contributed by atoms with van der Waals surface area (Å²) < 4.78 is 3.17. The van der Waals surface area contributed by atoms with Crippen LogP contribution in [0.5, 0.6) is 0 Å². The van der Waals surface area contributed by atoms with Crippen LogP contribution in [0.1, 0.15) is 0 Å². The number of aryl methyl sites for hydroxylation is 1. The third kappa shape index (κ3) is 1.35. The van der Waals surface area contributed by atoms with E-state index in [1.165, 1.54) is 21.8 Å². The van der Waals surface area contributed by atoms with Crippen LogP contribution in [0.2, 0.25) is 0 Å². The highest BCUT2D eigenvalue weighted by Crippen LogP contribution is 2.26. The van der Waals surface area contributed by atoms with Gasteiger partial charge < -0.3 is 4.98 Å². The van der Waals surface area contributed by atoms with Crippen molar-refractivity contribution in [1.82, 2.24) is 4.98 Å². The Morgan fingerprint density at radius 2 is 2.00 bits per heavy atom. The average Bonchev–Trinajstić information content (AvgIpc) is 2.54. The normalized spacial score (nSPS) is 11.3. The highest BCUT2D eigenvalue weighted by molar-refractivity contribution is 9.10. The third-order valence-electron chi connectivity index (χ3n) is 2.64. The molecule has 2 aromatic heterocycles. The first kappa shape index (κ1) is 8.92. The minimum Gasteiger partial charge on any atom is -0.354 e. The second-order valence-corrected chi connectivity index (χ2v) is 4.67. The summed E-state index contributed by atoms with van der Waals surface area (Å²) in [6.45, 7) is 0. The Morgan fingerprint density at radius 1 is 1.13 bits per heavy atom. The lowest BCUT2D eigenvalue weighted by molar-refractivity contribution is -0.670. The third-order valence-corrected chi connectivity index (χ3v) is 3.13. The van der Waals surface area contributed by atoms with E-state index in [0.29, 0.717) is 0 Å². The Balaban J connectivity index is 2.53. The van der Waals surface area contributed by atoms with Crippen LogP contribution in [-0.4, -0.2) is 4.98 Å². The van der Waals surface area contributed by atoms with Crippen LogP contribution in [0, 0.1) is 0 Å². The Morgan fingerprint density at radius 3 is 2.87 bits per heavy atom. The lowest BCUT2D eigenvalue weighted by atomic mass is 10.2. The summed E-state index contributed by atoms with van der Waals surface area (Å²) in [5, 5.41) is 2.53. The molecule has 0 unspecified atom stereocenters. The summed E-state index contributed by atoms with van der Waals surface area (Å²) in [6, 6.07) is 8.42. The van der Waals surface area contributed by atoms with E-state index in [2.05, 4.69) is 55.9 Å². The molecule has 0 fully saturated rings. The van der Waals surface area contributed by atoms with Crippen LogP contribution in [0.25, 0.3) is 21.8 Å². The first-order valence-corrected chi connectivity index (χ1v) is 5.59. The number of nitrogens with zero attached hydrogens (tertiary/aromatic N) is 1. The van der Waals surface area contributed by atoms with Gasteiger partial charge in [0.2, 0.25) is 0 Å². The first-order chi connectivity index (χ1) is 7.24. The number of nitrogens with one attached hydrogen (secondary N) is 1. The van der Waals surface area contributed by atoms with E-state index in [9.17, 15) is 0 Å². The standard InChI is InChI=1S/C12H9BrN2/c1-15-5-4-11-10(7-15)9-3-2-8(13)6-12(9)14-11/h2-7H,1H3/p+1. The molecule has 0 aliphatic rings. The van der Waals surface area contributed by atoms with Crippen LogP contribution >= 0.6 is 15.9 Å². The van der Waals surface area contributed by atoms with Gasteiger partial charge in [0, 0.05) is 21.4 Å². The zero-order valence-electron chi connectivity index (χ0n) is 8.29. The molecule has 1 N–H and O–H groups in total. The van der Waals surface area contributed by atoms with Crippen molar-refractivity contribution in [2.75, 3.05) is 0 Å². The summed E-state index contributed by atoms with van der Waals surface area (Å²) in [4.78, 5) is 3.40. The largest absolute Gasteiger partial charge is 0.354 e. The molecule has 2 heterocycles. The molecule has 0 atom stereocenters. The van der Waals surface area contributed by atoms with E-state index >= 15 is 0 Å². The van der Waals surface area contributed by atoms with Gasteiger partial charge in [-0.2, -0.15) is 0 Å². The Hall–Kier alpha value is -1.35. The number of fused-ring (bicyclic) bond motifs is 3. The monoisotopic (exact) mass is 261 g/mol. The van der Waals surface area contributed by atoms with Crippen molar-refractivity contribution in [1.29, 1.82) is 0 Å². The molecule has 0 aliphatic heterocycles. The van der Waals surface area contributed by atoms with Crippen molar-refractivity contribution >= 4 is 37.7 Å². The van der Waals surface area contributed by atoms with Gasteiger partial charge in [-0.1, -0.05) is 22.0 Å². The van der Waals surface area contributed by atoms with Gasteiger partial charge in [0.05, 0.1) is 10.9 Å². The maximum Gasteiger partial charge on any atom is 0.178 e. The fraction of sp³-hybridized carbons (Fsp3) is 0.0833. The molecule has 0 radical (unpaired) electrons. The fourth-order valence-electron chi connectivity index (χ4n) is 1.92. The van der Waals surface area contributed by atoms with Gasteiger partial charge >= 0.3 is 0 Å². The van der Waals surface area contributed by atoms with E-state index in [1.807, 2.05) is 13.2 Å². The van der Waals surface area contributed by atoms with Gasteiger partial charge in [-0.15, -0.1) is 0 Å². The highest BCUT2D eigenvalue weighted by Gasteiger charge is 2.07. The minimum absolute atomic E-state index is 1.10. The summed E-state index contributed by atoms with van der Waals surface area (Å²) in [5.41, 5.74) is 2.35. The Kier molecular flexibility index (Phi) is 1.83. The number of H-pyrrole nitrogens is 1. The molecule has 0 amide bonds. The van der Waals surface area contributed by atoms with E-state index in [0.717, 1.165) is 4.47 Å². The SMILES string of the molecule is C[n+]1ccc2[nH]c3cc(Br)ccc3c2c1. The maximum absolute atomic E-state index is 3.48. The van der Waals surface area contributed by atoms with E-state index in [1.54, 1.807) is 0 Å². The van der Waals surface area contributed by atoms with Gasteiger partial charge in [-0.25, -0.2) is 4.57 Å². The molecule has 0 saturated heterocycles. The van der Waals surface area contributed by atoms with Crippen molar-refractivity contribution in [2.45, 2.75) is 0 Å². The van der Waals surface area contributed by atoms with Crippen molar-refractivity contribution in [3.63, 3.8) is 0 Å². The highest BCUT2D eigenvalue weighted by atomic mass is 79.9. The van der Waals surface area contributed by atoms with Crippen molar-refractivity contribution in [3.05, 3.63) is 41.1 Å². The fourth-order valence-corrected chi connectivity index (χ4v) is 2.28. The lowest BCUT2D eigenvalue weighted by Crippen LogP contribution is -2.25. The predicted octanol–water partition coefficient (Wildman–Crippen LogP) is 2.91. The Labute approximate surface area is 95.7 Å². The molecule has 0 aliphatic carbocycles. The molecule has 2 nitrogen and oxygen atoms in total. The van der Waals surface area contributed by atoms with Gasteiger partial charge in [-0.05, 0) is 12.1 Å². The molecule has 0 bridgehead atoms. The van der Waals surface area contributed by atoms with Crippen molar-refractivity contribution in [2.24, 2.45) is 7.05 Å². The molecular formula is C12H10BrN2+. The maximum atomic E-state index is 3.48. The van der Waals surface area contributed by atoms with E-state index in [-0.39, 0.29) is 0 Å². The van der Waals surface area contributed by atoms with E-state index < -0.39 is 0 Å². The molecule has 0 spiro atoms. The Bertz CT molecular complexity index is 655. The number of aromatic nitrogens is 2. The number of hydrogen-bond acceptors (Lipinski definition) is 0. The number of benzene rings is 1. The van der Waals surface area contributed by atoms with Crippen LogP contribution in [-0.2, 0) is 7.05 Å². The summed E-state index contributed by atoms with van der Waals surface area (Å²) in [7, 11) is 2.04. The quantitative estimate of drug-likeness (QED) is 0.601. The number of hydrogen-bond donors (Lipinski definition) is 1. The molecule has 74 valence electrons. The number of rotatable bonds is 0. The zero-order chi connectivity index (χ0) is 10.4. The number of halogens is 1. The van der Waals surface area contributed by atoms with Crippen molar-refractivity contribution in [3.8, 4) is 0 Å². The molecule has 1 aromatic carbocycles. The second-order valence-electron chi connectivity index (χ2n) is 3.75. The summed E-state index contributed by atoms with van der Waals surface area (Å²) in [6.07, 6.45) is 4.19. The van der Waals surface area contributed by atoms with Crippen molar-refractivity contribution < 1.29 is 4.57 Å². The van der Waals surface area contributed by atoms with Crippen LogP contribution < -0.4 is 4.57 Å². The predicted molar refractivity (Wildman–Crippen MR) is 64.7 cm³/mol. The summed E-state index contributed by atoms with van der Waals surface area (Å²) >= 11 is 3.48. The molecule has 3 rings (SSSR count). The lowest BCUT2D eigenvalue weighted by Gasteiger charge is -1.90. The van der Waals surface area contributed by atoms with Crippen LogP contribution in [0.15, 0.2) is 41.1 Å². The molecule has 0 saturated carbocycles. The van der Waals surface area contributed by atoms with Gasteiger partial charge in [0.1, 0.15) is 7.05 Å². The van der Waals surface area contributed by atoms with Crippen LogP contribution in [0.4, 0.5) is 0 Å². The van der Waals surface area contributed by atoms with Crippen LogP contribution in [0.3, 0.4) is 0 Å². The van der Waals surface area contributed by atoms with Gasteiger partial charge in [0.15, 0.2) is 12.4 Å². The van der Waals surface area contributed by atoms with Gasteiger partial charge in [0.25, 0.3) is 0 Å². The first-order valence-electron chi connectivity index (χ1n) is 4.80. The van der Waals surface area contributed by atoms with Gasteiger partial charge in [-0.3, -0.25) is 0 Å². The zero-order valence-corrected chi connectivity index (χ0v) is 9.88.